The molecule has 2 rings (SSSR count). The van der Waals surface area contributed by atoms with Crippen LogP contribution >= 0.6 is 11.3 Å². The number of unbranched alkanes of at least 4 members (excludes halogenated alkanes) is 1. The summed E-state index contributed by atoms with van der Waals surface area (Å²) in [4.78, 5) is 12.5. The number of halogens is 1. The van der Waals surface area contributed by atoms with Crippen LogP contribution in [0.3, 0.4) is 0 Å². The largest absolute Gasteiger partial charge is 0.461 e. The van der Waals surface area contributed by atoms with Crippen molar-refractivity contribution in [3.63, 3.8) is 0 Å². The van der Waals surface area contributed by atoms with E-state index < -0.39 is 5.97 Å². The van der Waals surface area contributed by atoms with E-state index in [1.54, 1.807) is 12.1 Å². The number of fused-ring (bicyclic) bond motifs is 1. The van der Waals surface area contributed by atoms with Crippen LogP contribution in [0.25, 0.3) is 10.1 Å². The van der Waals surface area contributed by atoms with Gasteiger partial charge in [-0.15, -0.1) is 11.3 Å². The van der Waals surface area contributed by atoms with Gasteiger partial charge < -0.3 is 9.47 Å². The molecule has 0 saturated heterocycles. The van der Waals surface area contributed by atoms with Crippen LogP contribution < -0.4 is 0 Å². The minimum absolute atomic E-state index is 0.142. The number of thiophene rings is 1. The SMILES string of the molecule is COCc1c(C(=O)OCCCC#N)sc2cccc(F)c12. The summed E-state index contributed by atoms with van der Waals surface area (Å²) in [6.45, 7) is 0.319. The van der Waals surface area contributed by atoms with E-state index in [-0.39, 0.29) is 19.0 Å². The number of carbonyl (C=O) groups is 1. The molecular weight excluding hydrogens is 293 g/mol. The van der Waals surface area contributed by atoms with Gasteiger partial charge in [0.1, 0.15) is 10.7 Å². The highest BCUT2D eigenvalue weighted by Gasteiger charge is 2.21. The summed E-state index contributed by atoms with van der Waals surface area (Å²) in [6, 6.07) is 6.70. The molecule has 0 aliphatic carbocycles. The van der Waals surface area contributed by atoms with Crippen molar-refractivity contribution in [1.29, 1.82) is 5.26 Å². The molecule has 0 radical (unpaired) electrons. The van der Waals surface area contributed by atoms with Gasteiger partial charge in [-0.1, -0.05) is 6.07 Å². The lowest BCUT2D eigenvalue weighted by molar-refractivity contribution is 0.0503. The highest BCUT2D eigenvalue weighted by molar-refractivity contribution is 7.21. The average molecular weight is 307 g/mol. The number of methoxy groups -OCH3 is 1. The number of benzene rings is 1. The second-order valence-corrected chi connectivity index (χ2v) is 5.41. The third kappa shape index (κ3) is 3.38. The van der Waals surface area contributed by atoms with Crippen LogP contribution in [0, 0.1) is 17.1 Å². The molecule has 1 heterocycles. The molecule has 0 unspecified atom stereocenters. The van der Waals surface area contributed by atoms with Crippen LogP contribution in [0.15, 0.2) is 18.2 Å². The number of hydrogen-bond donors (Lipinski definition) is 0. The smallest absolute Gasteiger partial charge is 0.348 e. The number of hydrogen-bond acceptors (Lipinski definition) is 5. The molecule has 1 aromatic carbocycles. The Hall–Kier alpha value is -1.97. The maximum atomic E-state index is 14.0. The Kier molecular flexibility index (Phi) is 5.26. The quantitative estimate of drug-likeness (QED) is 0.604. The van der Waals surface area contributed by atoms with Gasteiger partial charge in [-0.2, -0.15) is 5.26 Å². The van der Waals surface area contributed by atoms with E-state index in [2.05, 4.69) is 0 Å². The summed E-state index contributed by atoms with van der Waals surface area (Å²) in [5, 5.41) is 8.85. The highest BCUT2D eigenvalue weighted by atomic mass is 32.1. The maximum Gasteiger partial charge on any atom is 0.348 e. The van der Waals surface area contributed by atoms with Crippen molar-refractivity contribution in [1.82, 2.24) is 0 Å². The zero-order valence-corrected chi connectivity index (χ0v) is 12.3. The minimum atomic E-state index is -0.499. The van der Waals surface area contributed by atoms with Gasteiger partial charge in [0.25, 0.3) is 0 Å². The van der Waals surface area contributed by atoms with E-state index in [4.69, 9.17) is 14.7 Å². The molecule has 0 fully saturated rings. The van der Waals surface area contributed by atoms with Gasteiger partial charge in [-0.05, 0) is 18.6 Å². The van der Waals surface area contributed by atoms with E-state index in [1.807, 2.05) is 6.07 Å². The molecule has 4 nitrogen and oxygen atoms in total. The van der Waals surface area contributed by atoms with Gasteiger partial charge in [0.05, 0.1) is 19.3 Å². The molecule has 110 valence electrons. The van der Waals surface area contributed by atoms with Crippen molar-refractivity contribution in [3.8, 4) is 6.07 Å². The van der Waals surface area contributed by atoms with Gasteiger partial charge in [0.2, 0.25) is 0 Å². The fourth-order valence-corrected chi connectivity index (χ4v) is 3.11. The van der Waals surface area contributed by atoms with E-state index >= 15 is 0 Å². The molecule has 0 bridgehead atoms. The van der Waals surface area contributed by atoms with Gasteiger partial charge in [-0.3, -0.25) is 0 Å². The monoisotopic (exact) mass is 307 g/mol. The fraction of sp³-hybridized carbons (Fsp3) is 0.333. The van der Waals surface area contributed by atoms with Crippen molar-refractivity contribution >= 4 is 27.4 Å². The maximum absolute atomic E-state index is 14.0. The Bertz CT molecular complexity index is 690. The van der Waals surface area contributed by atoms with E-state index in [1.165, 1.54) is 24.5 Å². The standard InChI is InChI=1S/C15H14FNO3S/c1-19-9-10-13-11(16)5-4-6-12(13)21-14(10)15(18)20-8-3-2-7-17/h4-6H,2-3,8-9H2,1H3. The summed E-state index contributed by atoms with van der Waals surface area (Å²) in [5.74, 6) is -0.875. The molecule has 0 N–H and O–H groups in total. The van der Waals surface area contributed by atoms with Crippen molar-refractivity contribution in [2.24, 2.45) is 0 Å². The van der Waals surface area contributed by atoms with Crippen molar-refractivity contribution < 1.29 is 18.7 Å². The first-order chi connectivity index (χ1) is 10.2. The van der Waals surface area contributed by atoms with E-state index in [9.17, 15) is 9.18 Å². The van der Waals surface area contributed by atoms with Crippen LogP contribution in [-0.2, 0) is 16.1 Å². The first-order valence-electron chi connectivity index (χ1n) is 6.42. The van der Waals surface area contributed by atoms with Crippen LogP contribution in [0.4, 0.5) is 4.39 Å². The van der Waals surface area contributed by atoms with Crippen LogP contribution in [0.5, 0.6) is 0 Å². The first-order valence-corrected chi connectivity index (χ1v) is 7.23. The molecule has 6 heteroatoms. The minimum Gasteiger partial charge on any atom is -0.461 e. The normalized spacial score (nSPS) is 10.5. The van der Waals surface area contributed by atoms with Crippen LogP contribution in [0.2, 0.25) is 0 Å². The lowest BCUT2D eigenvalue weighted by Crippen LogP contribution is -2.07. The predicted molar refractivity (Wildman–Crippen MR) is 77.6 cm³/mol. The lowest BCUT2D eigenvalue weighted by Gasteiger charge is -2.05. The second kappa shape index (κ2) is 7.16. The second-order valence-electron chi connectivity index (χ2n) is 4.35. The topological polar surface area (TPSA) is 59.3 Å². The lowest BCUT2D eigenvalue weighted by atomic mass is 10.1. The summed E-state index contributed by atoms with van der Waals surface area (Å²) in [6.07, 6.45) is 0.820. The third-order valence-electron chi connectivity index (χ3n) is 2.90. The molecule has 0 aliphatic heterocycles. The Morgan fingerprint density at radius 3 is 3.00 bits per heavy atom. The van der Waals surface area contributed by atoms with Crippen molar-refractivity contribution in [3.05, 3.63) is 34.5 Å². The number of carbonyl (C=O) groups excluding carboxylic acids is 1. The summed E-state index contributed by atoms with van der Waals surface area (Å²) < 4.78 is 24.8. The number of esters is 1. The molecule has 2 aromatic rings. The van der Waals surface area contributed by atoms with Crippen LogP contribution in [-0.4, -0.2) is 19.7 Å². The molecule has 0 atom stereocenters. The molecule has 1 aromatic heterocycles. The van der Waals surface area contributed by atoms with Gasteiger partial charge in [-0.25, -0.2) is 9.18 Å². The van der Waals surface area contributed by atoms with Gasteiger partial charge in [0.15, 0.2) is 0 Å². The summed E-state index contributed by atoms with van der Waals surface area (Å²) >= 11 is 1.19. The molecular formula is C15H14FNO3S. The zero-order valence-electron chi connectivity index (χ0n) is 11.5. The first kappa shape index (κ1) is 15.4. The number of nitriles is 1. The van der Waals surface area contributed by atoms with E-state index in [0.29, 0.717) is 33.4 Å². The molecule has 0 aliphatic rings. The van der Waals surface area contributed by atoms with Crippen LogP contribution in [0.1, 0.15) is 28.1 Å². The zero-order chi connectivity index (χ0) is 15.2. The highest BCUT2D eigenvalue weighted by Crippen LogP contribution is 2.34. The third-order valence-corrected chi connectivity index (χ3v) is 4.08. The van der Waals surface area contributed by atoms with E-state index in [0.717, 1.165) is 0 Å². The number of ether oxygens (including phenoxy) is 2. The van der Waals surface area contributed by atoms with Crippen molar-refractivity contribution in [2.45, 2.75) is 19.4 Å². The Balaban J connectivity index is 2.30. The molecule has 21 heavy (non-hydrogen) atoms. The van der Waals surface area contributed by atoms with Gasteiger partial charge in [0, 0.05) is 29.2 Å². The average Bonchev–Trinajstić information content (AvgIpc) is 2.84. The Morgan fingerprint density at radius 1 is 1.48 bits per heavy atom. The Morgan fingerprint density at radius 2 is 2.29 bits per heavy atom. The summed E-state index contributed by atoms with van der Waals surface area (Å²) in [7, 11) is 1.49. The van der Waals surface area contributed by atoms with Crippen molar-refractivity contribution in [2.75, 3.05) is 13.7 Å². The van der Waals surface area contributed by atoms with Gasteiger partial charge >= 0.3 is 5.97 Å². The number of rotatable bonds is 6. The number of nitrogens with zero attached hydrogens (tertiary/aromatic N) is 1. The predicted octanol–water partition coefficient (Wildman–Crippen LogP) is 3.65. The Labute approximate surface area is 125 Å². The summed E-state index contributed by atoms with van der Waals surface area (Å²) in [5.41, 5.74) is 0.515. The molecule has 0 saturated carbocycles. The molecule has 0 spiro atoms. The molecule has 0 amide bonds. The fourth-order valence-electron chi connectivity index (χ4n) is 2.00.